The average Bonchev–Trinajstić information content (AvgIpc) is 2.46. The molecule has 4 nitrogen and oxygen atoms in total. The number of thiocarbonyl (C=S) groups is 1. The Morgan fingerprint density at radius 2 is 2.04 bits per heavy atom. The van der Waals surface area contributed by atoms with Crippen LogP contribution in [0.3, 0.4) is 0 Å². The van der Waals surface area contributed by atoms with Gasteiger partial charge >= 0.3 is 0 Å². The van der Waals surface area contributed by atoms with Gasteiger partial charge in [-0.15, -0.1) is 0 Å². The van der Waals surface area contributed by atoms with Crippen molar-refractivity contribution in [3.05, 3.63) is 57.8 Å². The Labute approximate surface area is 147 Å². The molecular weight excluding hydrogens is 383 g/mol. The number of methoxy groups -OCH3 is 1. The van der Waals surface area contributed by atoms with Gasteiger partial charge in [0.2, 0.25) is 0 Å². The van der Waals surface area contributed by atoms with Crippen LogP contribution in [0.25, 0.3) is 0 Å². The van der Waals surface area contributed by atoms with Gasteiger partial charge in [0.1, 0.15) is 11.6 Å². The highest BCUT2D eigenvalue weighted by Crippen LogP contribution is 2.27. The molecule has 0 fully saturated rings. The number of benzene rings is 2. The number of hydrogen-bond donors (Lipinski definition) is 2. The fourth-order valence-electron chi connectivity index (χ4n) is 2.07. The number of halogens is 2. The lowest BCUT2D eigenvalue weighted by Gasteiger charge is -2.13. The van der Waals surface area contributed by atoms with E-state index in [2.05, 4.69) is 26.6 Å². The van der Waals surface area contributed by atoms with Crippen molar-refractivity contribution < 1.29 is 13.9 Å². The number of aryl methyl sites for hydroxylation is 1. The average molecular weight is 397 g/mol. The van der Waals surface area contributed by atoms with Crippen molar-refractivity contribution in [2.24, 2.45) is 0 Å². The number of anilines is 1. The molecule has 0 saturated heterocycles. The van der Waals surface area contributed by atoms with Crippen LogP contribution in [0.1, 0.15) is 15.9 Å². The minimum Gasteiger partial charge on any atom is -0.496 e. The molecule has 2 aromatic rings. The Hall–Kier alpha value is -1.99. The lowest BCUT2D eigenvalue weighted by atomic mass is 10.1. The fourth-order valence-corrected chi connectivity index (χ4v) is 2.85. The van der Waals surface area contributed by atoms with Crippen molar-refractivity contribution in [2.45, 2.75) is 6.92 Å². The maximum absolute atomic E-state index is 13.1. The fraction of sp³-hybridized carbons (Fsp3) is 0.125. The van der Waals surface area contributed by atoms with E-state index < -0.39 is 11.7 Å². The molecule has 0 aromatic heterocycles. The summed E-state index contributed by atoms with van der Waals surface area (Å²) in [5, 5.41) is 5.38. The summed E-state index contributed by atoms with van der Waals surface area (Å²) in [5.74, 6) is -0.340. The predicted molar refractivity (Wildman–Crippen MR) is 95.5 cm³/mol. The summed E-state index contributed by atoms with van der Waals surface area (Å²) < 4.78 is 19.2. The zero-order valence-electron chi connectivity index (χ0n) is 12.4. The van der Waals surface area contributed by atoms with Gasteiger partial charge in [-0.2, -0.15) is 0 Å². The van der Waals surface area contributed by atoms with Crippen molar-refractivity contribution in [1.29, 1.82) is 0 Å². The molecule has 120 valence electrons. The normalized spacial score (nSPS) is 10.1. The van der Waals surface area contributed by atoms with E-state index >= 15 is 0 Å². The number of nitrogens with one attached hydrogen (secondary N) is 2. The Morgan fingerprint density at radius 1 is 1.30 bits per heavy atom. The van der Waals surface area contributed by atoms with E-state index in [-0.39, 0.29) is 5.11 Å². The molecule has 0 unspecified atom stereocenters. The summed E-state index contributed by atoms with van der Waals surface area (Å²) in [6.07, 6.45) is 0. The standard InChI is InChI=1S/C16H14BrFN2O2S/c1-9-6-10(17)7-13(14(9)22-2)15(21)20-16(23)19-12-5-3-4-11(18)8-12/h3-8H,1-2H3,(H2,19,20,21,23). The van der Waals surface area contributed by atoms with Crippen LogP contribution in [0, 0.1) is 12.7 Å². The molecular formula is C16H14BrFN2O2S. The first-order valence-corrected chi connectivity index (χ1v) is 7.83. The van der Waals surface area contributed by atoms with E-state index in [1.54, 1.807) is 18.2 Å². The Balaban J connectivity index is 2.14. The second kappa shape index (κ2) is 7.52. The zero-order valence-corrected chi connectivity index (χ0v) is 14.8. The summed E-state index contributed by atoms with van der Waals surface area (Å²) in [6, 6.07) is 9.28. The van der Waals surface area contributed by atoms with Crippen LogP contribution in [0.5, 0.6) is 5.75 Å². The number of ether oxygens (including phenoxy) is 1. The molecule has 2 aromatic carbocycles. The first-order valence-electron chi connectivity index (χ1n) is 6.62. The number of hydrogen-bond acceptors (Lipinski definition) is 3. The summed E-state index contributed by atoms with van der Waals surface area (Å²) in [5.41, 5.74) is 1.62. The largest absolute Gasteiger partial charge is 0.496 e. The van der Waals surface area contributed by atoms with Crippen LogP contribution in [-0.2, 0) is 0 Å². The molecule has 0 aliphatic carbocycles. The van der Waals surface area contributed by atoms with Crippen LogP contribution in [0.4, 0.5) is 10.1 Å². The molecule has 0 atom stereocenters. The first-order chi connectivity index (χ1) is 10.9. The molecule has 0 aliphatic heterocycles. The van der Waals surface area contributed by atoms with E-state index in [0.717, 1.165) is 10.0 Å². The Kier molecular flexibility index (Phi) is 5.68. The third-order valence-electron chi connectivity index (χ3n) is 3.00. The second-order valence-corrected chi connectivity index (χ2v) is 6.05. The van der Waals surface area contributed by atoms with Crippen LogP contribution in [-0.4, -0.2) is 18.1 Å². The third kappa shape index (κ3) is 4.49. The SMILES string of the molecule is COc1c(C)cc(Br)cc1C(=O)NC(=S)Nc1cccc(F)c1. The summed E-state index contributed by atoms with van der Waals surface area (Å²) >= 11 is 8.43. The van der Waals surface area contributed by atoms with Gasteiger partial charge in [0.25, 0.3) is 5.91 Å². The lowest BCUT2D eigenvalue weighted by molar-refractivity contribution is 0.0974. The van der Waals surface area contributed by atoms with Crippen LogP contribution in [0.15, 0.2) is 40.9 Å². The van der Waals surface area contributed by atoms with E-state index in [1.807, 2.05) is 13.0 Å². The zero-order chi connectivity index (χ0) is 17.0. The van der Waals surface area contributed by atoms with Gasteiger partial charge in [-0.3, -0.25) is 10.1 Å². The molecule has 0 bridgehead atoms. The molecule has 0 spiro atoms. The van der Waals surface area contributed by atoms with Gasteiger partial charge in [-0.05, 0) is 55.0 Å². The molecule has 7 heteroatoms. The summed E-state index contributed by atoms with van der Waals surface area (Å²) in [7, 11) is 1.50. The first kappa shape index (κ1) is 17.4. The maximum atomic E-state index is 13.1. The third-order valence-corrected chi connectivity index (χ3v) is 3.66. The van der Waals surface area contributed by atoms with Crippen molar-refractivity contribution in [1.82, 2.24) is 5.32 Å². The van der Waals surface area contributed by atoms with E-state index in [4.69, 9.17) is 17.0 Å². The smallest absolute Gasteiger partial charge is 0.261 e. The highest BCUT2D eigenvalue weighted by Gasteiger charge is 2.16. The number of rotatable bonds is 3. The minimum absolute atomic E-state index is 0.0697. The van der Waals surface area contributed by atoms with Gasteiger partial charge in [0, 0.05) is 10.2 Å². The quantitative estimate of drug-likeness (QED) is 0.768. The van der Waals surface area contributed by atoms with Crippen molar-refractivity contribution >= 4 is 44.9 Å². The van der Waals surface area contributed by atoms with E-state index in [9.17, 15) is 9.18 Å². The maximum Gasteiger partial charge on any atom is 0.261 e. The topological polar surface area (TPSA) is 50.4 Å². The van der Waals surface area contributed by atoms with Gasteiger partial charge in [-0.25, -0.2) is 4.39 Å². The molecule has 0 heterocycles. The molecule has 2 rings (SSSR count). The molecule has 0 saturated carbocycles. The lowest BCUT2D eigenvalue weighted by Crippen LogP contribution is -2.34. The molecule has 2 N–H and O–H groups in total. The molecule has 0 aliphatic rings. The van der Waals surface area contributed by atoms with Gasteiger partial charge < -0.3 is 10.1 Å². The second-order valence-electron chi connectivity index (χ2n) is 4.72. The Morgan fingerprint density at radius 3 is 2.70 bits per heavy atom. The highest BCUT2D eigenvalue weighted by atomic mass is 79.9. The van der Waals surface area contributed by atoms with Crippen molar-refractivity contribution in [3.63, 3.8) is 0 Å². The van der Waals surface area contributed by atoms with Crippen molar-refractivity contribution in [2.75, 3.05) is 12.4 Å². The minimum atomic E-state index is -0.417. The summed E-state index contributed by atoms with van der Waals surface area (Å²) in [4.78, 5) is 12.4. The number of carbonyl (C=O) groups is 1. The van der Waals surface area contributed by atoms with Crippen LogP contribution >= 0.6 is 28.1 Å². The van der Waals surface area contributed by atoms with Crippen molar-refractivity contribution in [3.8, 4) is 5.75 Å². The van der Waals surface area contributed by atoms with Gasteiger partial charge in [-0.1, -0.05) is 22.0 Å². The molecule has 0 radical (unpaired) electrons. The molecule has 23 heavy (non-hydrogen) atoms. The van der Waals surface area contributed by atoms with E-state index in [0.29, 0.717) is 17.0 Å². The Bertz CT molecular complexity index is 768. The highest BCUT2D eigenvalue weighted by molar-refractivity contribution is 9.10. The summed E-state index contributed by atoms with van der Waals surface area (Å²) in [6.45, 7) is 1.84. The van der Waals surface area contributed by atoms with Crippen LogP contribution in [0.2, 0.25) is 0 Å². The number of amides is 1. The van der Waals surface area contributed by atoms with Gasteiger partial charge in [0.05, 0.1) is 12.7 Å². The predicted octanol–water partition coefficient (Wildman–Crippen LogP) is 4.03. The number of carbonyl (C=O) groups excluding carboxylic acids is 1. The molecule has 1 amide bonds. The monoisotopic (exact) mass is 396 g/mol. The van der Waals surface area contributed by atoms with Crippen LogP contribution < -0.4 is 15.4 Å². The van der Waals surface area contributed by atoms with E-state index in [1.165, 1.54) is 19.2 Å². The van der Waals surface area contributed by atoms with Gasteiger partial charge in [0.15, 0.2) is 5.11 Å².